The van der Waals surface area contributed by atoms with Crippen LogP contribution in [0.2, 0.25) is 0 Å². The third-order valence-electron chi connectivity index (χ3n) is 3.97. The second-order valence-electron chi connectivity index (χ2n) is 6.70. The highest BCUT2D eigenvalue weighted by Gasteiger charge is 2.11. The van der Waals surface area contributed by atoms with E-state index < -0.39 is 0 Å². The van der Waals surface area contributed by atoms with Gasteiger partial charge in [-0.3, -0.25) is 10.1 Å². The van der Waals surface area contributed by atoms with Gasteiger partial charge in [-0.2, -0.15) is 0 Å². The van der Waals surface area contributed by atoms with Crippen LogP contribution in [0.5, 0.6) is 5.75 Å². The minimum atomic E-state index is -0.367. The fourth-order valence-corrected chi connectivity index (χ4v) is 2.76. The van der Waals surface area contributed by atoms with Crippen molar-refractivity contribution in [1.29, 1.82) is 0 Å². The quantitative estimate of drug-likeness (QED) is 0.496. The van der Waals surface area contributed by atoms with E-state index in [1.54, 1.807) is 24.3 Å². The summed E-state index contributed by atoms with van der Waals surface area (Å²) in [4.78, 5) is 23.9. The van der Waals surface area contributed by atoms with Crippen molar-refractivity contribution in [1.82, 2.24) is 5.32 Å². The third kappa shape index (κ3) is 7.19. The molecule has 0 aliphatic heterocycles. The van der Waals surface area contributed by atoms with E-state index in [1.807, 2.05) is 31.2 Å². The molecule has 2 aromatic carbocycles. The largest absolute Gasteiger partial charge is 0.483 e. The Morgan fingerprint density at radius 1 is 1.07 bits per heavy atom. The second-order valence-corrected chi connectivity index (χ2v) is 7.11. The molecule has 0 radical (unpaired) electrons. The average molecular weight is 415 g/mol. The summed E-state index contributed by atoms with van der Waals surface area (Å²) in [5, 5.41) is 5.63. The topological polar surface area (TPSA) is 76.7 Å². The van der Waals surface area contributed by atoms with Crippen molar-refractivity contribution >= 4 is 34.9 Å². The normalized spacial score (nSPS) is 10.3. The van der Waals surface area contributed by atoms with Crippen molar-refractivity contribution < 1.29 is 19.1 Å². The minimum absolute atomic E-state index is 0.145. The Morgan fingerprint density at radius 3 is 2.41 bits per heavy atom. The van der Waals surface area contributed by atoms with Crippen LogP contribution in [0.15, 0.2) is 48.5 Å². The second kappa shape index (κ2) is 11.2. The molecule has 0 saturated carbocycles. The fraction of sp³-hybridized carbons (Fsp3) is 0.318. The molecule has 0 atom stereocenters. The number of carbonyl (C=O) groups excluding carboxylic acids is 2. The summed E-state index contributed by atoms with van der Waals surface area (Å²) in [6.07, 6.45) is 0.770. The van der Waals surface area contributed by atoms with E-state index in [-0.39, 0.29) is 23.6 Å². The van der Waals surface area contributed by atoms with Gasteiger partial charge in [0.25, 0.3) is 5.91 Å². The van der Waals surface area contributed by atoms with Gasteiger partial charge in [0.05, 0.1) is 12.2 Å². The van der Waals surface area contributed by atoms with Gasteiger partial charge < -0.3 is 14.8 Å². The van der Waals surface area contributed by atoms with Gasteiger partial charge in [0.2, 0.25) is 0 Å². The molecule has 0 spiro atoms. The number of esters is 1. The molecule has 7 heteroatoms. The highest BCUT2D eigenvalue weighted by atomic mass is 32.1. The number of hydrogen-bond donors (Lipinski definition) is 2. The van der Waals surface area contributed by atoms with Gasteiger partial charge in [0.1, 0.15) is 5.75 Å². The fourth-order valence-electron chi connectivity index (χ4n) is 2.53. The summed E-state index contributed by atoms with van der Waals surface area (Å²) in [5.41, 5.74) is 2.14. The lowest BCUT2D eigenvalue weighted by Crippen LogP contribution is -2.37. The molecular weight excluding hydrogens is 388 g/mol. The number of ether oxygens (including phenoxy) is 2. The van der Waals surface area contributed by atoms with Gasteiger partial charge in [-0.25, -0.2) is 4.79 Å². The number of amides is 1. The Labute approximate surface area is 176 Å². The van der Waals surface area contributed by atoms with Gasteiger partial charge in [0.15, 0.2) is 11.7 Å². The van der Waals surface area contributed by atoms with E-state index in [2.05, 4.69) is 24.5 Å². The van der Waals surface area contributed by atoms with Crippen LogP contribution in [0.3, 0.4) is 0 Å². The number of hydrogen-bond acceptors (Lipinski definition) is 5. The molecule has 2 rings (SSSR count). The Balaban J connectivity index is 1.83. The molecule has 0 aromatic heterocycles. The van der Waals surface area contributed by atoms with Crippen molar-refractivity contribution in [3.8, 4) is 5.75 Å². The summed E-state index contributed by atoms with van der Waals surface area (Å²) in [5.74, 6) is 0.246. The number of thiocarbonyl (C=S) groups is 1. The zero-order valence-electron chi connectivity index (χ0n) is 16.9. The molecular formula is C22H26N2O4S. The van der Waals surface area contributed by atoms with Gasteiger partial charge in [-0.1, -0.05) is 39.0 Å². The Hall–Kier alpha value is -2.93. The van der Waals surface area contributed by atoms with Gasteiger partial charge >= 0.3 is 5.97 Å². The van der Waals surface area contributed by atoms with Crippen LogP contribution in [0.1, 0.15) is 49.0 Å². The van der Waals surface area contributed by atoms with E-state index in [1.165, 1.54) is 0 Å². The Bertz CT molecular complexity index is 850. The number of para-hydroxylation sites is 1. The number of carbonyl (C=O) groups is 2. The third-order valence-corrected chi connectivity index (χ3v) is 4.17. The maximum atomic E-state index is 12.1. The molecule has 0 unspecified atom stereocenters. The van der Waals surface area contributed by atoms with Crippen LogP contribution in [0.25, 0.3) is 0 Å². The first-order valence-electron chi connectivity index (χ1n) is 9.50. The van der Waals surface area contributed by atoms with E-state index >= 15 is 0 Å². The number of benzene rings is 2. The first-order valence-corrected chi connectivity index (χ1v) is 9.91. The maximum Gasteiger partial charge on any atom is 0.338 e. The SMILES string of the molecule is CCCOC(=O)c1ccc(NC(=S)NC(=O)COc2ccccc2C(C)C)cc1. The minimum Gasteiger partial charge on any atom is -0.483 e. The van der Waals surface area contributed by atoms with Crippen LogP contribution in [-0.4, -0.2) is 30.2 Å². The Morgan fingerprint density at radius 2 is 1.76 bits per heavy atom. The number of anilines is 1. The summed E-state index contributed by atoms with van der Waals surface area (Å²) in [6.45, 7) is 6.31. The van der Waals surface area contributed by atoms with Crippen LogP contribution in [-0.2, 0) is 9.53 Å². The molecule has 0 heterocycles. The van der Waals surface area contributed by atoms with Crippen molar-refractivity contribution in [2.75, 3.05) is 18.5 Å². The highest BCUT2D eigenvalue weighted by molar-refractivity contribution is 7.80. The zero-order chi connectivity index (χ0) is 21.2. The molecule has 6 nitrogen and oxygen atoms in total. The molecule has 2 N–H and O–H groups in total. The lowest BCUT2D eigenvalue weighted by atomic mass is 10.0. The van der Waals surface area contributed by atoms with Crippen LogP contribution >= 0.6 is 12.2 Å². The first-order chi connectivity index (χ1) is 13.9. The van der Waals surface area contributed by atoms with Crippen molar-refractivity contribution in [2.45, 2.75) is 33.1 Å². The standard InChI is InChI=1S/C22H26N2O4S/c1-4-13-27-21(26)16-9-11-17(12-10-16)23-22(29)24-20(25)14-28-19-8-6-5-7-18(19)15(2)3/h5-12,15H,4,13-14H2,1-3H3,(H2,23,24,25,29). The van der Waals surface area contributed by atoms with E-state index in [0.717, 1.165) is 12.0 Å². The lowest BCUT2D eigenvalue weighted by molar-refractivity contribution is -0.121. The van der Waals surface area contributed by atoms with Crippen LogP contribution < -0.4 is 15.4 Å². The molecule has 0 fully saturated rings. The number of nitrogens with one attached hydrogen (secondary N) is 2. The number of rotatable bonds is 8. The van der Waals surface area contributed by atoms with Gasteiger partial charge in [-0.05, 0) is 60.5 Å². The van der Waals surface area contributed by atoms with E-state index in [0.29, 0.717) is 29.5 Å². The molecule has 0 bridgehead atoms. The molecule has 0 aliphatic rings. The van der Waals surface area contributed by atoms with Crippen LogP contribution in [0.4, 0.5) is 5.69 Å². The molecule has 154 valence electrons. The predicted molar refractivity (Wildman–Crippen MR) is 117 cm³/mol. The molecule has 29 heavy (non-hydrogen) atoms. The van der Waals surface area contributed by atoms with Crippen LogP contribution in [0, 0.1) is 0 Å². The monoisotopic (exact) mass is 414 g/mol. The van der Waals surface area contributed by atoms with Crippen molar-refractivity contribution in [3.63, 3.8) is 0 Å². The maximum absolute atomic E-state index is 12.1. The Kier molecular flexibility index (Phi) is 8.61. The highest BCUT2D eigenvalue weighted by Crippen LogP contribution is 2.25. The summed E-state index contributed by atoms with van der Waals surface area (Å²) in [7, 11) is 0. The zero-order valence-corrected chi connectivity index (χ0v) is 17.7. The summed E-state index contributed by atoms with van der Waals surface area (Å²) < 4.78 is 10.7. The van der Waals surface area contributed by atoms with Gasteiger partial charge in [-0.15, -0.1) is 0 Å². The molecule has 1 amide bonds. The average Bonchev–Trinajstić information content (AvgIpc) is 2.71. The van der Waals surface area contributed by atoms with E-state index in [4.69, 9.17) is 21.7 Å². The predicted octanol–water partition coefficient (Wildman–Crippen LogP) is 4.27. The van der Waals surface area contributed by atoms with E-state index in [9.17, 15) is 9.59 Å². The smallest absolute Gasteiger partial charge is 0.338 e. The van der Waals surface area contributed by atoms with Crippen molar-refractivity contribution in [2.24, 2.45) is 0 Å². The van der Waals surface area contributed by atoms with Gasteiger partial charge in [0, 0.05) is 5.69 Å². The molecule has 0 aliphatic carbocycles. The first kappa shape index (κ1) is 22.4. The van der Waals surface area contributed by atoms with Crippen molar-refractivity contribution in [3.05, 3.63) is 59.7 Å². The summed E-state index contributed by atoms with van der Waals surface area (Å²) >= 11 is 5.16. The summed E-state index contributed by atoms with van der Waals surface area (Å²) in [6, 6.07) is 14.3. The molecule has 0 saturated heterocycles. The lowest BCUT2D eigenvalue weighted by Gasteiger charge is -2.14. The molecule has 2 aromatic rings.